The number of methoxy groups -OCH3 is 1. The highest BCUT2D eigenvalue weighted by Gasteiger charge is 2.07. The Balaban J connectivity index is 1.76. The second-order valence-electron chi connectivity index (χ2n) is 5.21. The van der Waals surface area contributed by atoms with E-state index < -0.39 is 5.97 Å². The Morgan fingerprint density at radius 2 is 1.96 bits per heavy atom. The van der Waals surface area contributed by atoms with Gasteiger partial charge in [0, 0.05) is 5.56 Å². The molecule has 26 heavy (non-hydrogen) atoms. The van der Waals surface area contributed by atoms with Crippen LogP contribution in [0.2, 0.25) is 0 Å². The van der Waals surface area contributed by atoms with Gasteiger partial charge in [0.15, 0.2) is 12.4 Å². The Labute approximate surface area is 154 Å². The Morgan fingerprint density at radius 1 is 1.23 bits per heavy atom. The van der Waals surface area contributed by atoms with Gasteiger partial charge in [0.25, 0.3) is 0 Å². The van der Waals surface area contributed by atoms with Crippen LogP contribution in [0.5, 0.6) is 5.75 Å². The van der Waals surface area contributed by atoms with Gasteiger partial charge in [-0.3, -0.25) is 0 Å². The molecule has 0 unspecified atom stereocenters. The van der Waals surface area contributed by atoms with Crippen LogP contribution in [-0.2, 0) is 9.53 Å². The van der Waals surface area contributed by atoms with E-state index in [1.165, 1.54) is 7.11 Å². The fourth-order valence-electron chi connectivity index (χ4n) is 2.15. The molecule has 7 nitrogen and oxygen atoms in total. The number of carbonyl (C=O) groups excluding carboxylic acids is 1. The van der Waals surface area contributed by atoms with E-state index in [-0.39, 0.29) is 6.61 Å². The molecule has 0 fully saturated rings. The van der Waals surface area contributed by atoms with Gasteiger partial charge < -0.3 is 9.47 Å². The minimum Gasteiger partial charge on any atom is -0.482 e. The van der Waals surface area contributed by atoms with Crippen molar-refractivity contribution in [3.05, 3.63) is 64.9 Å². The fraction of sp³-hybridized carbons (Fsp3) is 0.111. The summed E-state index contributed by atoms with van der Waals surface area (Å²) in [7, 11) is 1.32. The van der Waals surface area contributed by atoms with Crippen LogP contribution in [0.4, 0.5) is 0 Å². The summed E-state index contributed by atoms with van der Waals surface area (Å²) < 4.78 is 11.8. The monoisotopic (exact) mass is 368 g/mol. The van der Waals surface area contributed by atoms with Crippen LogP contribution in [0, 0.1) is 4.77 Å². The SMILES string of the molecule is COC(=O)COc1ccc(/C=N\n2c(-c3ccccc3)n[nH]c2=S)cc1. The smallest absolute Gasteiger partial charge is 0.343 e. The topological polar surface area (TPSA) is 81.5 Å². The van der Waals surface area contributed by atoms with E-state index in [0.29, 0.717) is 16.3 Å². The molecule has 0 bridgehead atoms. The number of nitrogens with one attached hydrogen (secondary N) is 1. The van der Waals surface area contributed by atoms with Crippen molar-refractivity contribution in [3.8, 4) is 17.1 Å². The molecule has 2 aromatic carbocycles. The minimum absolute atomic E-state index is 0.130. The number of nitrogens with zero attached hydrogens (tertiary/aromatic N) is 3. The highest BCUT2D eigenvalue weighted by molar-refractivity contribution is 7.71. The molecule has 0 radical (unpaired) electrons. The van der Waals surface area contributed by atoms with Crippen molar-refractivity contribution in [2.45, 2.75) is 0 Å². The van der Waals surface area contributed by atoms with Crippen molar-refractivity contribution in [3.63, 3.8) is 0 Å². The van der Waals surface area contributed by atoms with E-state index in [0.717, 1.165) is 11.1 Å². The van der Waals surface area contributed by atoms with Gasteiger partial charge >= 0.3 is 5.97 Å². The van der Waals surface area contributed by atoms with E-state index in [2.05, 4.69) is 20.0 Å². The maximum atomic E-state index is 11.1. The van der Waals surface area contributed by atoms with Crippen molar-refractivity contribution < 1.29 is 14.3 Å². The third-order valence-corrected chi connectivity index (χ3v) is 3.73. The number of benzene rings is 2. The number of aromatic amines is 1. The zero-order chi connectivity index (χ0) is 18.4. The molecule has 132 valence electrons. The van der Waals surface area contributed by atoms with Gasteiger partial charge in [-0.15, -0.1) is 0 Å². The maximum absolute atomic E-state index is 11.1. The van der Waals surface area contributed by atoms with E-state index in [4.69, 9.17) is 17.0 Å². The van der Waals surface area contributed by atoms with E-state index >= 15 is 0 Å². The second kappa shape index (κ2) is 8.21. The average molecular weight is 368 g/mol. The molecule has 1 heterocycles. The number of aromatic nitrogens is 3. The molecule has 0 aliphatic rings. The van der Waals surface area contributed by atoms with Crippen LogP contribution in [-0.4, -0.2) is 40.8 Å². The van der Waals surface area contributed by atoms with Crippen molar-refractivity contribution in [1.29, 1.82) is 0 Å². The highest BCUT2D eigenvalue weighted by atomic mass is 32.1. The van der Waals surface area contributed by atoms with E-state index in [1.54, 1.807) is 23.0 Å². The summed E-state index contributed by atoms with van der Waals surface area (Å²) in [4.78, 5) is 11.1. The van der Waals surface area contributed by atoms with Crippen LogP contribution in [0.25, 0.3) is 11.4 Å². The summed E-state index contributed by atoms with van der Waals surface area (Å²) in [5.41, 5.74) is 1.75. The number of H-pyrrole nitrogens is 1. The molecule has 0 saturated heterocycles. The third kappa shape index (κ3) is 4.22. The molecule has 0 aliphatic heterocycles. The summed E-state index contributed by atoms with van der Waals surface area (Å²) in [6.07, 6.45) is 1.67. The number of rotatable bonds is 6. The number of carbonyl (C=O) groups is 1. The fourth-order valence-corrected chi connectivity index (χ4v) is 2.33. The Bertz CT molecular complexity index is 962. The van der Waals surface area contributed by atoms with Crippen LogP contribution in [0.15, 0.2) is 59.7 Å². The van der Waals surface area contributed by atoms with Crippen molar-refractivity contribution in [2.75, 3.05) is 13.7 Å². The quantitative estimate of drug-likeness (QED) is 0.411. The van der Waals surface area contributed by atoms with Gasteiger partial charge in [0.1, 0.15) is 5.75 Å². The van der Waals surface area contributed by atoms with Gasteiger partial charge in [-0.1, -0.05) is 30.3 Å². The molecular weight excluding hydrogens is 352 g/mol. The number of hydrogen-bond acceptors (Lipinski definition) is 6. The highest BCUT2D eigenvalue weighted by Crippen LogP contribution is 2.16. The molecule has 0 amide bonds. The van der Waals surface area contributed by atoms with Gasteiger partial charge in [0.2, 0.25) is 4.77 Å². The molecule has 0 spiro atoms. The van der Waals surface area contributed by atoms with Gasteiger partial charge in [-0.05, 0) is 42.0 Å². The largest absolute Gasteiger partial charge is 0.482 e. The normalized spacial score (nSPS) is 10.8. The first-order chi connectivity index (χ1) is 12.7. The minimum atomic E-state index is -0.432. The summed E-state index contributed by atoms with van der Waals surface area (Å²) in [6.45, 7) is -0.130. The van der Waals surface area contributed by atoms with Crippen molar-refractivity contribution in [2.24, 2.45) is 5.10 Å². The third-order valence-electron chi connectivity index (χ3n) is 3.47. The zero-order valence-corrected chi connectivity index (χ0v) is 14.8. The molecule has 0 saturated carbocycles. The standard InChI is InChI=1S/C18H16N4O3S/c1-24-16(23)12-25-15-9-7-13(8-10-15)11-19-22-17(20-21-18(22)26)14-5-3-2-4-6-14/h2-11H,12H2,1H3,(H,21,26)/b19-11-. The van der Waals surface area contributed by atoms with Crippen LogP contribution >= 0.6 is 12.2 Å². The number of ether oxygens (including phenoxy) is 2. The second-order valence-corrected chi connectivity index (χ2v) is 5.60. The maximum Gasteiger partial charge on any atom is 0.343 e. The number of esters is 1. The van der Waals surface area contributed by atoms with Gasteiger partial charge in [-0.25, -0.2) is 9.89 Å². The predicted octanol–water partition coefficient (Wildman–Crippen LogP) is 3.04. The molecule has 3 aromatic rings. The van der Waals surface area contributed by atoms with E-state index in [9.17, 15) is 4.79 Å². The van der Waals surface area contributed by atoms with Crippen LogP contribution in [0.3, 0.4) is 0 Å². The zero-order valence-electron chi connectivity index (χ0n) is 14.0. The average Bonchev–Trinajstić information content (AvgIpc) is 3.06. The van der Waals surface area contributed by atoms with Crippen molar-refractivity contribution >= 4 is 24.4 Å². The Hall–Kier alpha value is -3.26. The molecule has 0 atom stereocenters. The van der Waals surface area contributed by atoms with E-state index in [1.807, 2.05) is 42.5 Å². The van der Waals surface area contributed by atoms with Crippen molar-refractivity contribution in [1.82, 2.24) is 14.9 Å². The lowest BCUT2D eigenvalue weighted by Gasteiger charge is -2.04. The first kappa shape index (κ1) is 17.6. The summed E-state index contributed by atoms with van der Waals surface area (Å²) in [5.74, 6) is 0.765. The lowest BCUT2D eigenvalue weighted by Crippen LogP contribution is -2.12. The molecule has 0 aliphatic carbocycles. The number of hydrogen-bond donors (Lipinski definition) is 1. The summed E-state index contributed by atoms with van der Waals surface area (Å²) in [5, 5.41) is 11.4. The summed E-state index contributed by atoms with van der Waals surface area (Å²) in [6, 6.07) is 16.8. The Kier molecular flexibility index (Phi) is 5.55. The van der Waals surface area contributed by atoms with Crippen LogP contribution < -0.4 is 4.74 Å². The molecule has 1 N–H and O–H groups in total. The molecular formula is C18H16N4O3S. The van der Waals surface area contributed by atoms with Gasteiger partial charge in [0.05, 0.1) is 13.3 Å². The molecule has 1 aromatic heterocycles. The summed E-state index contributed by atoms with van der Waals surface area (Å²) >= 11 is 5.25. The molecule has 3 rings (SSSR count). The Morgan fingerprint density at radius 3 is 2.65 bits per heavy atom. The lowest BCUT2D eigenvalue weighted by atomic mass is 10.2. The first-order valence-electron chi connectivity index (χ1n) is 7.74. The predicted molar refractivity (Wildman–Crippen MR) is 99.8 cm³/mol. The van der Waals surface area contributed by atoms with Gasteiger partial charge in [-0.2, -0.15) is 14.9 Å². The first-order valence-corrected chi connectivity index (χ1v) is 8.15. The van der Waals surface area contributed by atoms with Crippen LogP contribution in [0.1, 0.15) is 5.56 Å². The lowest BCUT2D eigenvalue weighted by molar-refractivity contribution is -0.142. The molecule has 8 heteroatoms.